The molecule has 0 aliphatic carbocycles. The van der Waals surface area contributed by atoms with Crippen molar-refractivity contribution in [3.8, 4) is 0 Å². The molecule has 0 N–H and O–H groups in total. The van der Waals surface area contributed by atoms with Gasteiger partial charge in [-0.2, -0.15) is 0 Å². The van der Waals surface area contributed by atoms with Crippen molar-refractivity contribution in [2.24, 2.45) is 0 Å². The summed E-state index contributed by atoms with van der Waals surface area (Å²) in [5.41, 5.74) is 0.394. The van der Waals surface area contributed by atoms with Crippen molar-refractivity contribution >= 4 is 15.7 Å². The summed E-state index contributed by atoms with van der Waals surface area (Å²) in [5, 5.41) is 0. The molecule has 0 amide bonds. The molecule has 1 aromatic heterocycles. The van der Waals surface area contributed by atoms with Crippen molar-refractivity contribution in [2.75, 3.05) is 17.4 Å². The third-order valence-corrected chi connectivity index (χ3v) is 7.19. The Kier molecular flexibility index (Phi) is 5.87. The normalized spacial score (nSPS) is 15.9. The van der Waals surface area contributed by atoms with Gasteiger partial charge in [0.15, 0.2) is 0 Å². The molecule has 5 nitrogen and oxygen atoms in total. The summed E-state index contributed by atoms with van der Waals surface area (Å²) in [6.45, 7) is 2.06. The minimum atomic E-state index is -3.94. The van der Waals surface area contributed by atoms with Gasteiger partial charge in [0, 0.05) is 19.1 Å². The second-order valence-corrected chi connectivity index (χ2v) is 9.13. The van der Waals surface area contributed by atoms with Gasteiger partial charge in [-0.15, -0.1) is 0 Å². The second kappa shape index (κ2) is 8.57. The quantitative estimate of drug-likeness (QED) is 0.579. The summed E-state index contributed by atoms with van der Waals surface area (Å²) in [4.78, 5) is 2.22. The number of likely N-dealkylation sites (tertiary alicyclic amines) is 1. The highest BCUT2D eigenvalue weighted by Gasteiger charge is 2.34. The number of halogens is 2. The van der Waals surface area contributed by atoms with Crippen LogP contribution in [0.4, 0.5) is 14.5 Å². The van der Waals surface area contributed by atoms with E-state index in [0.29, 0.717) is 38.2 Å². The summed E-state index contributed by atoms with van der Waals surface area (Å²) in [5.74, 6) is -0.0811. The van der Waals surface area contributed by atoms with Crippen LogP contribution in [0.1, 0.15) is 18.6 Å². The van der Waals surface area contributed by atoms with Gasteiger partial charge in [-0.1, -0.05) is 0 Å². The summed E-state index contributed by atoms with van der Waals surface area (Å²) in [7, 11) is -3.94. The molecule has 8 heteroatoms. The SMILES string of the molecule is O=S(=O)(c1ccc(F)cc1)N(c1ccc(F)cc1)C1CCN(Cc2ccco2)CC1. The Morgan fingerprint density at radius 3 is 2.10 bits per heavy atom. The van der Waals surface area contributed by atoms with Crippen molar-refractivity contribution in [1.29, 1.82) is 0 Å². The van der Waals surface area contributed by atoms with E-state index >= 15 is 0 Å². The Labute approximate surface area is 174 Å². The van der Waals surface area contributed by atoms with E-state index in [0.717, 1.165) is 17.9 Å². The van der Waals surface area contributed by atoms with Crippen LogP contribution in [0.25, 0.3) is 0 Å². The third kappa shape index (κ3) is 4.39. The first-order valence-corrected chi connectivity index (χ1v) is 11.2. The molecule has 0 atom stereocenters. The highest BCUT2D eigenvalue weighted by atomic mass is 32.2. The maximum atomic E-state index is 13.5. The van der Waals surface area contributed by atoms with Gasteiger partial charge in [0.1, 0.15) is 17.4 Å². The molecule has 158 valence electrons. The molecule has 0 spiro atoms. The number of benzene rings is 2. The molecule has 0 radical (unpaired) electrons. The Morgan fingerprint density at radius 1 is 0.933 bits per heavy atom. The fourth-order valence-electron chi connectivity index (χ4n) is 3.79. The van der Waals surface area contributed by atoms with Gasteiger partial charge in [0.2, 0.25) is 0 Å². The summed E-state index contributed by atoms with van der Waals surface area (Å²) < 4.78 is 60.4. The predicted octanol–water partition coefficient (Wildman–Crippen LogP) is 4.42. The van der Waals surface area contributed by atoms with E-state index in [-0.39, 0.29) is 10.9 Å². The minimum Gasteiger partial charge on any atom is -0.468 e. The molecule has 4 rings (SSSR count). The van der Waals surface area contributed by atoms with Crippen LogP contribution in [0.15, 0.2) is 76.2 Å². The van der Waals surface area contributed by atoms with Crippen molar-refractivity contribution < 1.29 is 21.6 Å². The van der Waals surface area contributed by atoms with E-state index in [4.69, 9.17) is 4.42 Å². The second-order valence-electron chi connectivity index (χ2n) is 7.32. The summed E-state index contributed by atoms with van der Waals surface area (Å²) >= 11 is 0. The molecule has 1 aliphatic heterocycles. The highest BCUT2D eigenvalue weighted by molar-refractivity contribution is 7.92. The van der Waals surface area contributed by atoms with Crippen LogP contribution >= 0.6 is 0 Å². The maximum absolute atomic E-state index is 13.5. The first-order valence-electron chi connectivity index (χ1n) is 9.74. The van der Waals surface area contributed by atoms with Crippen LogP contribution in [-0.4, -0.2) is 32.4 Å². The monoisotopic (exact) mass is 432 g/mol. The van der Waals surface area contributed by atoms with E-state index in [1.165, 1.54) is 40.7 Å². The molecule has 0 saturated carbocycles. The fraction of sp³-hybridized carbons (Fsp3) is 0.273. The fourth-order valence-corrected chi connectivity index (χ4v) is 5.50. The summed E-state index contributed by atoms with van der Waals surface area (Å²) in [6, 6.07) is 13.6. The van der Waals surface area contributed by atoms with E-state index < -0.39 is 21.7 Å². The Morgan fingerprint density at radius 2 is 1.53 bits per heavy atom. The number of anilines is 1. The minimum absolute atomic E-state index is 0.00578. The van der Waals surface area contributed by atoms with E-state index in [1.54, 1.807) is 6.26 Å². The molecule has 3 aromatic rings. The average Bonchev–Trinajstić information content (AvgIpc) is 3.24. The van der Waals surface area contributed by atoms with Crippen molar-refractivity contribution in [3.05, 3.63) is 84.3 Å². The van der Waals surface area contributed by atoms with E-state index in [9.17, 15) is 17.2 Å². The molecular weight excluding hydrogens is 410 g/mol. The van der Waals surface area contributed by atoms with Crippen LogP contribution in [0.2, 0.25) is 0 Å². The number of rotatable bonds is 6. The van der Waals surface area contributed by atoms with Crippen LogP contribution < -0.4 is 4.31 Å². The zero-order valence-electron chi connectivity index (χ0n) is 16.2. The topological polar surface area (TPSA) is 53.8 Å². The molecule has 1 aliphatic rings. The van der Waals surface area contributed by atoms with Crippen LogP contribution in [-0.2, 0) is 16.6 Å². The van der Waals surface area contributed by atoms with Crippen molar-refractivity contribution in [1.82, 2.24) is 4.90 Å². The lowest BCUT2D eigenvalue weighted by atomic mass is 10.0. The zero-order chi connectivity index (χ0) is 21.1. The molecule has 1 fully saturated rings. The highest BCUT2D eigenvalue weighted by Crippen LogP contribution is 2.31. The van der Waals surface area contributed by atoms with Gasteiger partial charge >= 0.3 is 0 Å². The Hall–Kier alpha value is -2.71. The number of furan rings is 1. The van der Waals surface area contributed by atoms with Gasteiger partial charge in [0.05, 0.1) is 23.4 Å². The first kappa shape index (κ1) is 20.6. The number of hydrogen-bond donors (Lipinski definition) is 0. The largest absolute Gasteiger partial charge is 0.468 e. The van der Waals surface area contributed by atoms with Gasteiger partial charge in [-0.25, -0.2) is 17.2 Å². The average molecular weight is 432 g/mol. The van der Waals surface area contributed by atoms with Crippen LogP contribution in [0, 0.1) is 11.6 Å². The van der Waals surface area contributed by atoms with E-state index in [2.05, 4.69) is 4.90 Å². The molecule has 2 heterocycles. The molecule has 30 heavy (non-hydrogen) atoms. The number of sulfonamides is 1. The smallest absolute Gasteiger partial charge is 0.264 e. The maximum Gasteiger partial charge on any atom is 0.264 e. The Balaban J connectivity index is 1.60. The van der Waals surface area contributed by atoms with Crippen LogP contribution in [0.5, 0.6) is 0 Å². The van der Waals surface area contributed by atoms with E-state index in [1.807, 2.05) is 12.1 Å². The lowest BCUT2D eigenvalue weighted by Crippen LogP contribution is -2.47. The molecule has 2 aromatic carbocycles. The number of piperidine rings is 1. The lowest BCUT2D eigenvalue weighted by Gasteiger charge is -2.38. The number of hydrogen-bond acceptors (Lipinski definition) is 4. The lowest BCUT2D eigenvalue weighted by molar-refractivity contribution is 0.193. The first-order chi connectivity index (χ1) is 14.4. The van der Waals surface area contributed by atoms with Crippen molar-refractivity contribution in [2.45, 2.75) is 30.3 Å². The van der Waals surface area contributed by atoms with Crippen LogP contribution in [0.3, 0.4) is 0 Å². The molecule has 0 unspecified atom stereocenters. The van der Waals surface area contributed by atoms with Gasteiger partial charge in [-0.3, -0.25) is 9.21 Å². The molecular formula is C22H22F2N2O3S. The predicted molar refractivity (Wildman–Crippen MR) is 109 cm³/mol. The number of nitrogens with zero attached hydrogens (tertiary/aromatic N) is 2. The van der Waals surface area contributed by atoms with Crippen molar-refractivity contribution in [3.63, 3.8) is 0 Å². The van der Waals surface area contributed by atoms with Gasteiger partial charge in [0.25, 0.3) is 10.0 Å². The van der Waals surface area contributed by atoms with Gasteiger partial charge < -0.3 is 4.42 Å². The third-order valence-electron chi connectivity index (χ3n) is 5.30. The standard InChI is InChI=1S/C22H22F2N2O3S/c23-17-3-7-19(8-4-17)26(30(27,28)22-9-5-18(24)6-10-22)20-11-13-25(14-12-20)16-21-2-1-15-29-21/h1-10,15,20H,11-14,16H2. The molecule has 1 saturated heterocycles. The van der Waals surface area contributed by atoms with Gasteiger partial charge in [-0.05, 0) is 73.5 Å². The zero-order valence-corrected chi connectivity index (χ0v) is 17.1. The molecule has 0 bridgehead atoms. The summed E-state index contributed by atoms with van der Waals surface area (Å²) in [6.07, 6.45) is 2.85. The Bertz CT molecular complexity index is 1060.